The van der Waals surface area contributed by atoms with Gasteiger partial charge in [0.15, 0.2) is 0 Å². The lowest BCUT2D eigenvalue weighted by molar-refractivity contribution is 0.0300. The van der Waals surface area contributed by atoms with Crippen molar-refractivity contribution < 1.29 is 9.50 Å². The Labute approximate surface area is 133 Å². The summed E-state index contributed by atoms with van der Waals surface area (Å²) in [5.74, 6) is 1.47. The Kier molecular flexibility index (Phi) is 5.60. The van der Waals surface area contributed by atoms with Crippen molar-refractivity contribution in [2.45, 2.75) is 31.4 Å². The summed E-state index contributed by atoms with van der Waals surface area (Å²) in [6.07, 6.45) is 1.56. The van der Waals surface area contributed by atoms with Gasteiger partial charge in [0.25, 0.3) is 0 Å². The normalized spacial score (nSPS) is 19.9. The Morgan fingerprint density at radius 3 is 2.65 bits per heavy atom. The molecular formula is C14H18Cl2FNOS. The Balaban J connectivity index is 2.01. The summed E-state index contributed by atoms with van der Waals surface area (Å²) in [5.41, 5.74) is -0.0147. The molecule has 1 atom stereocenters. The minimum atomic E-state index is -0.670. The van der Waals surface area contributed by atoms with Crippen molar-refractivity contribution in [3.63, 3.8) is 0 Å². The molecule has 1 unspecified atom stereocenters. The molecule has 2 rings (SSSR count). The fraction of sp³-hybridized carbons (Fsp3) is 0.571. The highest BCUT2D eigenvalue weighted by atomic mass is 35.5. The van der Waals surface area contributed by atoms with Gasteiger partial charge in [0.2, 0.25) is 0 Å². The molecule has 0 aliphatic carbocycles. The summed E-state index contributed by atoms with van der Waals surface area (Å²) in [5, 5.41) is 14.1. The fourth-order valence-electron chi connectivity index (χ4n) is 2.25. The zero-order valence-electron chi connectivity index (χ0n) is 11.3. The molecule has 6 heteroatoms. The van der Waals surface area contributed by atoms with E-state index in [4.69, 9.17) is 23.2 Å². The second-order valence-corrected chi connectivity index (χ2v) is 7.27. The summed E-state index contributed by atoms with van der Waals surface area (Å²) in [6, 6.07) is 2.62. The third-order valence-electron chi connectivity index (χ3n) is 3.67. The molecule has 0 amide bonds. The van der Waals surface area contributed by atoms with E-state index in [1.54, 1.807) is 0 Å². The van der Waals surface area contributed by atoms with E-state index >= 15 is 0 Å². The first-order valence-electron chi connectivity index (χ1n) is 6.59. The standard InChI is InChI=1S/C14H18Cl2FNOS/c1-9(10-6-13(17)12(16)7-11(10)15)18-8-14(19)2-4-20-5-3-14/h6-7,9,18-19H,2-5,8H2,1H3. The molecule has 1 heterocycles. The molecule has 0 saturated carbocycles. The molecule has 20 heavy (non-hydrogen) atoms. The maximum absolute atomic E-state index is 13.5. The van der Waals surface area contributed by atoms with Crippen LogP contribution in [0.2, 0.25) is 10.0 Å². The zero-order chi connectivity index (χ0) is 14.8. The number of nitrogens with one attached hydrogen (secondary N) is 1. The Bertz CT molecular complexity index is 480. The molecule has 1 aromatic rings. The quantitative estimate of drug-likeness (QED) is 0.813. The number of benzene rings is 1. The van der Waals surface area contributed by atoms with Gasteiger partial charge in [0, 0.05) is 17.6 Å². The molecule has 1 fully saturated rings. The first-order chi connectivity index (χ1) is 9.41. The number of hydrogen-bond donors (Lipinski definition) is 2. The molecule has 0 radical (unpaired) electrons. The average Bonchev–Trinajstić information content (AvgIpc) is 2.41. The lowest BCUT2D eigenvalue weighted by Gasteiger charge is -2.33. The molecule has 1 aliphatic heterocycles. The van der Waals surface area contributed by atoms with Gasteiger partial charge in [-0.1, -0.05) is 23.2 Å². The van der Waals surface area contributed by atoms with Gasteiger partial charge in [-0.25, -0.2) is 4.39 Å². The Morgan fingerprint density at radius 2 is 2.00 bits per heavy atom. The number of hydrogen-bond acceptors (Lipinski definition) is 3. The Morgan fingerprint density at radius 1 is 1.35 bits per heavy atom. The van der Waals surface area contributed by atoms with Crippen LogP contribution in [0.5, 0.6) is 0 Å². The molecule has 112 valence electrons. The molecule has 1 aliphatic rings. The molecule has 0 aromatic heterocycles. The minimum absolute atomic E-state index is 0.0221. The van der Waals surface area contributed by atoms with E-state index < -0.39 is 11.4 Å². The monoisotopic (exact) mass is 337 g/mol. The summed E-state index contributed by atoms with van der Waals surface area (Å²) in [7, 11) is 0. The molecule has 2 N–H and O–H groups in total. The van der Waals surface area contributed by atoms with E-state index in [0.717, 1.165) is 24.3 Å². The average molecular weight is 338 g/mol. The van der Waals surface area contributed by atoms with Crippen molar-refractivity contribution in [3.05, 3.63) is 33.6 Å². The van der Waals surface area contributed by atoms with Crippen LogP contribution in [0.1, 0.15) is 31.4 Å². The van der Waals surface area contributed by atoms with Gasteiger partial charge in [-0.2, -0.15) is 11.8 Å². The van der Waals surface area contributed by atoms with Gasteiger partial charge in [-0.05, 0) is 49.0 Å². The predicted molar refractivity (Wildman–Crippen MR) is 84.3 cm³/mol. The van der Waals surface area contributed by atoms with Gasteiger partial charge >= 0.3 is 0 Å². The van der Waals surface area contributed by atoms with Crippen LogP contribution in [0.25, 0.3) is 0 Å². The molecule has 0 spiro atoms. The highest BCUT2D eigenvalue weighted by Crippen LogP contribution is 2.30. The van der Waals surface area contributed by atoms with Crippen LogP contribution in [0.15, 0.2) is 12.1 Å². The molecule has 1 saturated heterocycles. The highest BCUT2D eigenvalue weighted by Gasteiger charge is 2.29. The number of thioether (sulfide) groups is 1. The van der Waals surface area contributed by atoms with Crippen LogP contribution in [0.4, 0.5) is 4.39 Å². The first-order valence-corrected chi connectivity index (χ1v) is 8.50. The molecule has 0 bridgehead atoms. The summed E-state index contributed by atoms with van der Waals surface area (Å²) >= 11 is 13.6. The molecular weight excluding hydrogens is 320 g/mol. The lowest BCUT2D eigenvalue weighted by Crippen LogP contribution is -2.44. The van der Waals surface area contributed by atoms with Gasteiger partial charge in [-0.15, -0.1) is 0 Å². The van der Waals surface area contributed by atoms with Crippen LogP contribution < -0.4 is 5.32 Å². The van der Waals surface area contributed by atoms with Crippen molar-refractivity contribution in [1.82, 2.24) is 5.32 Å². The molecule has 1 aromatic carbocycles. The van der Waals surface area contributed by atoms with Crippen LogP contribution in [0, 0.1) is 5.82 Å². The van der Waals surface area contributed by atoms with Crippen molar-refractivity contribution in [2.24, 2.45) is 0 Å². The van der Waals surface area contributed by atoms with Crippen molar-refractivity contribution in [3.8, 4) is 0 Å². The highest BCUT2D eigenvalue weighted by molar-refractivity contribution is 7.99. The third kappa shape index (κ3) is 4.01. The largest absolute Gasteiger partial charge is 0.389 e. The van der Waals surface area contributed by atoms with Gasteiger partial charge in [-0.3, -0.25) is 0 Å². The van der Waals surface area contributed by atoms with Crippen molar-refractivity contribution >= 4 is 35.0 Å². The van der Waals surface area contributed by atoms with E-state index in [0.29, 0.717) is 17.1 Å². The van der Waals surface area contributed by atoms with Gasteiger partial charge in [0.1, 0.15) is 5.82 Å². The second-order valence-electron chi connectivity index (χ2n) is 5.23. The lowest BCUT2D eigenvalue weighted by atomic mass is 9.96. The minimum Gasteiger partial charge on any atom is -0.389 e. The van der Waals surface area contributed by atoms with E-state index in [9.17, 15) is 9.50 Å². The first kappa shape index (κ1) is 16.4. The smallest absolute Gasteiger partial charge is 0.142 e. The van der Waals surface area contributed by atoms with Crippen LogP contribution >= 0.6 is 35.0 Å². The number of rotatable bonds is 4. The van der Waals surface area contributed by atoms with Crippen LogP contribution in [-0.4, -0.2) is 28.8 Å². The van der Waals surface area contributed by atoms with Crippen molar-refractivity contribution in [1.29, 1.82) is 0 Å². The predicted octanol–water partition coefficient (Wildman–Crippen LogP) is 4.04. The maximum Gasteiger partial charge on any atom is 0.142 e. The van der Waals surface area contributed by atoms with Crippen LogP contribution in [0.3, 0.4) is 0 Å². The molecule has 2 nitrogen and oxygen atoms in total. The SMILES string of the molecule is CC(NCC1(O)CCSCC1)c1cc(F)c(Cl)cc1Cl. The van der Waals surface area contributed by atoms with Gasteiger partial charge < -0.3 is 10.4 Å². The number of halogens is 3. The van der Waals surface area contributed by atoms with E-state index in [1.165, 1.54) is 12.1 Å². The van der Waals surface area contributed by atoms with E-state index in [2.05, 4.69) is 5.32 Å². The third-order valence-corrected chi connectivity index (χ3v) is 5.27. The fourth-order valence-corrected chi connectivity index (χ4v) is 4.05. The second kappa shape index (κ2) is 6.84. The summed E-state index contributed by atoms with van der Waals surface area (Å²) in [4.78, 5) is 0. The van der Waals surface area contributed by atoms with Crippen LogP contribution in [-0.2, 0) is 0 Å². The van der Waals surface area contributed by atoms with Gasteiger partial charge in [0.05, 0.1) is 10.6 Å². The summed E-state index contributed by atoms with van der Waals surface area (Å²) < 4.78 is 13.5. The Hall–Kier alpha value is -0.000000000000000111. The number of aliphatic hydroxyl groups is 1. The zero-order valence-corrected chi connectivity index (χ0v) is 13.6. The maximum atomic E-state index is 13.5. The van der Waals surface area contributed by atoms with E-state index in [-0.39, 0.29) is 11.1 Å². The summed E-state index contributed by atoms with van der Waals surface area (Å²) in [6.45, 7) is 2.38. The topological polar surface area (TPSA) is 32.3 Å². The van der Waals surface area contributed by atoms with Crippen molar-refractivity contribution in [2.75, 3.05) is 18.1 Å². The van der Waals surface area contributed by atoms with E-state index in [1.807, 2.05) is 18.7 Å².